The minimum Gasteiger partial charge on any atom is -0.493 e. The van der Waals surface area contributed by atoms with Gasteiger partial charge in [-0.1, -0.05) is 29.8 Å². The van der Waals surface area contributed by atoms with E-state index in [9.17, 15) is 13.2 Å². The molecule has 0 aliphatic rings. The SMILES string of the molecule is COc1cccc(-c2ccc(C(=O)CS(=O)(=O)c3cccc(N)n3)c(Oc3c(C)cc(C)cc3C)n2)c1OC. The highest BCUT2D eigenvalue weighted by molar-refractivity contribution is 7.92. The molecular formula is C29H29N3O6S. The van der Waals surface area contributed by atoms with Gasteiger partial charge in [0.05, 0.1) is 25.5 Å². The lowest BCUT2D eigenvalue weighted by Crippen LogP contribution is -2.19. The fourth-order valence-corrected chi connectivity index (χ4v) is 5.50. The Morgan fingerprint density at radius 1 is 0.872 bits per heavy atom. The highest BCUT2D eigenvalue weighted by Crippen LogP contribution is 2.39. The third-order valence-corrected chi connectivity index (χ3v) is 7.53. The van der Waals surface area contributed by atoms with Crippen molar-refractivity contribution in [3.8, 4) is 34.4 Å². The first kappa shape index (κ1) is 27.6. The fraction of sp³-hybridized carbons (Fsp3) is 0.207. The number of carbonyl (C=O) groups excluding carboxylic acids is 1. The van der Waals surface area contributed by atoms with Gasteiger partial charge in [0.25, 0.3) is 0 Å². The van der Waals surface area contributed by atoms with E-state index in [1.54, 1.807) is 24.3 Å². The fourth-order valence-electron chi connectivity index (χ4n) is 4.32. The maximum atomic E-state index is 13.4. The van der Waals surface area contributed by atoms with E-state index in [4.69, 9.17) is 19.9 Å². The van der Waals surface area contributed by atoms with Crippen LogP contribution in [-0.2, 0) is 9.84 Å². The quantitative estimate of drug-likeness (QED) is 0.284. The van der Waals surface area contributed by atoms with Gasteiger partial charge in [0.1, 0.15) is 17.3 Å². The number of para-hydroxylation sites is 1. The van der Waals surface area contributed by atoms with Gasteiger partial charge in [-0.2, -0.15) is 0 Å². The number of ketones is 1. The number of aromatic nitrogens is 2. The molecule has 0 amide bonds. The third kappa shape index (κ3) is 5.85. The van der Waals surface area contributed by atoms with Crippen LogP contribution < -0.4 is 19.9 Å². The molecule has 2 N–H and O–H groups in total. The minimum absolute atomic E-state index is 0.00691. The number of nitrogen functional groups attached to an aromatic ring is 1. The Bertz CT molecular complexity index is 1640. The van der Waals surface area contributed by atoms with Gasteiger partial charge < -0.3 is 19.9 Å². The van der Waals surface area contributed by atoms with E-state index in [1.807, 2.05) is 32.9 Å². The molecule has 0 spiro atoms. The predicted molar refractivity (Wildman–Crippen MR) is 149 cm³/mol. The number of hydrogen-bond donors (Lipinski definition) is 1. The summed E-state index contributed by atoms with van der Waals surface area (Å²) < 4.78 is 43.2. The molecule has 0 saturated heterocycles. The Morgan fingerprint density at radius 3 is 2.21 bits per heavy atom. The molecule has 0 unspecified atom stereocenters. The average Bonchev–Trinajstić information content (AvgIpc) is 2.89. The number of anilines is 1. The lowest BCUT2D eigenvalue weighted by atomic mass is 10.1. The van der Waals surface area contributed by atoms with Crippen molar-refractivity contribution < 1.29 is 27.4 Å². The van der Waals surface area contributed by atoms with Crippen molar-refractivity contribution in [2.45, 2.75) is 25.8 Å². The molecular weight excluding hydrogens is 518 g/mol. The zero-order valence-electron chi connectivity index (χ0n) is 22.3. The van der Waals surface area contributed by atoms with Crippen molar-refractivity contribution in [1.82, 2.24) is 9.97 Å². The normalized spacial score (nSPS) is 11.2. The summed E-state index contributed by atoms with van der Waals surface area (Å²) in [6, 6.07) is 16.6. The van der Waals surface area contributed by atoms with Gasteiger partial charge in [-0.05, 0) is 68.3 Å². The first-order valence-corrected chi connectivity index (χ1v) is 13.7. The van der Waals surface area contributed by atoms with Crippen molar-refractivity contribution in [3.63, 3.8) is 0 Å². The number of nitrogens with zero attached hydrogens (tertiary/aromatic N) is 2. The molecule has 39 heavy (non-hydrogen) atoms. The van der Waals surface area contributed by atoms with Gasteiger partial charge in [-0.3, -0.25) is 4.79 Å². The van der Waals surface area contributed by atoms with Crippen LogP contribution in [0, 0.1) is 20.8 Å². The van der Waals surface area contributed by atoms with E-state index in [0.29, 0.717) is 28.5 Å². The number of aryl methyl sites for hydroxylation is 3. The number of nitrogens with two attached hydrogens (primary N) is 1. The van der Waals surface area contributed by atoms with Gasteiger partial charge in [0, 0.05) is 5.56 Å². The second-order valence-corrected chi connectivity index (χ2v) is 10.9. The number of methoxy groups -OCH3 is 2. The van der Waals surface area contributed by atoms with Crippen LogP contribution in [0.4, 0.5) is 5.82 Å². The zero-order chi connectivity index (χ0) is 28.3. The van der Waals surface area contributed by atoms with Crippen LogP contribution in [0.2, 0.25) is 0 Å². The standard InChI is InChI=1S/C29H29N3O6S/c1-17-14-18(2)27(19(3)15-17)38-29-21(23(33)16-39(34,35)26-11-7-10-25(30)32-26)12-13-22(31-29)20-8-6-9-24(36-4)28(20)37-5/h6-15H,16H2,1-5H3,(H2,30,32). The molecule has 9 nitrogen and oxygen atoms in total. The van der Waals surface area contributed by atoms with Crippen LogP contribution in [0.15, 0.2) is 65.7 Å². The molecule has 202 valence electrons. The number of hydrogen-bond acceptors (Lipinski definition) is 9. The van der Waals surface area contributed by atoms with E-state index in [2.05, 4.69) is 9.97 Å². The van der Waals surface area contributed by atoms with Crippen molar-refractivity contribution in [2.24, 2.45) is 0 Å². The Morgan fingerprint density at radius 2 is 1.56 bits per heavy atom. The molecule has 4 aromatic rings. The summed E-state index contributed by atoms with van der Waals surface area (Å²) in [6.45, 7) is 5.76. The maximum absolute atomic E-state index is 13.4. The van der Waals surface area contributed by atoms with E-state index in [1.165, 1.54) is 38.5 Å². The molecule has 0 radical (unpaired) electrons. The summed E-state index contributed by atoms with van der Waals surface area (Å²) in [5, 5.41) is -0.283. The molecule has 2 aromatic carbocycles. The van der Waals surface area contributed by atoms with Gasteiger partial charge in [0.2, 0.25) is 15.7 Å². The largest absolute Gasteiger partial charge is 0.493 e. The Hall–Kier alpha value is -4.44. The van der Waals surface area contributed by atoms with E-state index in [-0.39, 0.29) is 22.3 Å². The second kappa shape index (κ2) is 11.1. The highest BCUT2D eigenvalue weighted by Gasteiger charge is 2.26. The van der Waals surface area contributed by atoms with Crippen molar-refractivity contribution >= 4 is 21.4 Å². The summed E-state index contributed by atoms with van der Waals surface area (Å²) in [5.41, 5.74) is 9.45. The predicted octanol–water partition coefficient (Wildman–Crippen LogP) is 5.12. The summed E-state index contributed by atoms with van der Waals surface area (Å²) in [6.07, 6.45) is 0. The summed E-state index contributed by atoms with van der Waals surface area (Å²) in [7, 11) is -1.03. The molecule has 10 heteroatoms. The molecule has 0 saturated carbocycles. The number of pyridine rings is 2. The summed E-state index contributed by atoms with van der Waals surface area (Å²) >= 11 is 0. The van der Waals surface area contributed by atoms with Crippen LogP contribution in [0.25, 0.3) is 11.3 Å². The van der Waals surface area contributed by atoms with Gasteiger partial charge in [-0.15, -0.1) is 0 Å². The van der Waals surface area contributed by atoms with Crippen molar-refractivity contribution in [3.05, 3.63) is 82.9 Å². The Kier molecular flexibility index (Phi) is 7.87. The van der Waals surface area contributed by atoms with Crippen LogP contribution in [0.5, 0.6) is 23.1 Å². The molecule has 0 atom stereocenters. The van der Waals surface area contributed by atoms with Crippen LogP contribution in [0.3, 0.4) is 0 Å². The van der Waals surface area contributed by atoms with Crippen LogP contribution >= 0.6 is 0 Å². The first-order valence-electron chi connectivity index (χ1n) is 12.0. The molecule has 0 bridgehead atoms. The number of carbonyl (C=O) groups is 1. The average molecular weight is 548 g/mol. The van der Waals surface area contributed by atoms with Crippen LogP contribution in [0.1, 0.15) is 27.0 Å². The lowest BCUT2D eigenvalue weighted by Gasteiger charge is -2.17. The topological polar surface area (TPSA) is 131 Å². The smallest absolute Gasteiger partial charge is 0.230 e. The van der Waals surface area contributed by atoms with Gasteiger partial charge >= 0.3 is 0 Å². The van der Waals surface area contributed by atoms with E-state index in [0.717, 1.165) is 16.7 Å². The van der Waals surface area contributed by atoms with Crippen LogP contribution in [-0.4, -0.2) is 44.1 Å². The Labute approximate surface area is 227 Å². The van der Waals surface area contributed by atoms with Crippen molar-refractivity contribution in [2.75, 3.05) is 25.7 Å². The number of sulfone groups is 1. The summed E-state index contributed by atoms with van der Waals surface area (Å²) in [4.78, 5) is 21.9. The number of ether oxygens (including phenoxy) is 3. The molecule has 0 aliphatic carbocycles. The molecule has 2 heterocycles. The second-order valence-electron chi connectivity index (χ2n) is 9.00. The summed E-state index contributed by atoms with van der Waals surface area (Å²) in [5.74, 6) is -0.0504. The minimum atomic E-state index is -4.08. The number of Topliss-reactive ketones (excluding diaryl/α,β-unsaturated/α-hetero) is 1. The first-order chi connectivity index (χ1) is 18.5. The van der Waals surface area contributed by atoms with Crippen molar-refractivity contribution in [1.29, 1.82) is 0 Å². The number of rotatable bonds is 9. The maximum Gasteiger partial charge on any atom is 0.230 e. The highest BCUT2D eigenvalue weighted by atomic mass is 32.2. The van der Waals surface area contributed by atoms with Gasteiger partial charge in [0.15, 0.2) is 22.3 Å². The Balaban J connectivity index is 1.83. The number of benzene rings is 2. The monoisotopic (exact) mass is 547 g/mol. The molecule has 4 rings (SSSR count). The molecule has 2 aromatic heterocycles. The van der Waals surface area contributed by atoms with E-state index >= 15 is 0 Å². The molecule has 0 aliphatic heterocycles. The zero-order valence-corrected chi connectivity index (χ0v) is 23.1. The lowest BCUT2D eigenvalue weighted by molar-refractivity contribution is 0.101. The van der Waals surface area contributed by atoms with Gasteiger partial charge in [-0.25, -0.2) is 18.4 Å². The third-order valence-electron chi connectivity index (χ3n) is 6.03. The molecule has 0 fully saturated rings. The van der Waals surface area contributed by atoms with E-state index < -0.39 is 21.4 Å².